The third-order valence-electron chi connectivity index (χ3n) is 3.29. The number of ether oxygens (including phenoxy) is 1. The van der Waals surface area contributed by atoms with Gasteiger partial charge in [0.1, 0.15) is 5.60 Å². The van der Waals surface area contributed by atoms with E-state index in [1.807, 2.05) is 27.7 Å². The first kappa shape index (κ1) is 19.2. The smallest absolute Gasteiger partial charge is 0.410 e. The highest BCUT2D eigenvalue weighted by Gasteiger charge is 2.20. The van der Waals surface area contributed by atoms with Crippen molar-refractivity contribution >= 4 is 6.09 Å². The van der Waals surface area contributed by atoms with Crippen LogP contribution < -0.4 is 5.32 Å². The zero-order chi connectivity index (χ0) is 15.8. The van der Waals surface area contributed by atoms with Crippen LogP contribution >= 0.6 is 0 Å². The molecule has 120 valence electrons. The molecule has 0 aromatic heterocycles. The molecule has 0 saturated carbocycles. The standard InChI is InChI=1S/C16H34N2O2/c1-8-14(13(3)4)17-11-10-12-18(9-2)15(19)20-16(5,6)7/h13-14,17H,8-12H2,1-7H3. The Balaban J connectivity index is 4.05. The monoisotopic (exact) mass is 286 g/mol. The van der Waals surface area contributed by atoms with Crippen LogP contribution in [0.2, 0.25) is 0 Å². The van der Waals surface area contributed by atoms with E-state index in [1.54, 1.807) is 4.90 Å². The Labute approximate surface area is 125 Å². The second-order valence-corrected chi connectivity index (χ2v) is 6.63. The summed E-state index contributed by atoms with van der Waals surface area (Å²) in [4.78, 5) is 13.7. The minimum atomic E-state index is -0.423. The Hall–Kier alpha value is -0.770. The first-order valence-corrected chi connectivity index (χ1v) is 7.92. The molecule has 0 radical (unpaired) electrons. The Morgan fingerprint density at radius 1 is 1.25 bits per heavy atom. The van der Waals surface area contributed by atoms with Gasteiger partial charge in [-0.2, -0.15) is 0 Å². The Morgan fingerprint density at radius 3 is 2.25 bits per heavy atom. The van der Waals surface area contributed by atoms with Gasteiger partial charge in [-0.15, -0.1) is 0 Å². The zero-order valence-electron chi connectivity index (χ0n) is 14.5. The third-order valence-corrected chi connectivity index (χ3v) is 3.29. The summed E-state index contributed by atoms with van der Waals surface area (Å²) in [5.41, 5.74) is -0.423. The highest BCUT2D eigenvalue weighted by Crippen LogP contribution is 2.10. The summed E-state index contributed by atoms with van der Waals surface area (Å²) in [7, 11) is 0. The summed E-state index contributed by atoms with van der Waals surface area (Å²) < 4.78 is 5.39. The molecule has 4 heteroatoms. The maximum atomic E-state index is 12.0. The molecule has 0 aromatic rings. The minimum absolute atomic E-state index is 0.212. The fraction of sp³-hybridized carbons (Fsp3) is 0.938. The van der Waals surface area contributed by atoms with Gasteiger partial charge in [0.2, 0.25) is 0 Å². The lowest BCUT2D eigenvalue weighted by atomic mass is 10.0. The Bertz CT molecular complexity index is 272. The maximum absolute atomic E-state index is 12.0. The molecule has 0 aliphatic rings. The van der Waals surface area contributed by atoms with E-state index in [2.05, 4.69) is 26.1 Å². The topological polar surface area (TPSA) is 41.6 Å². The fourth-order valence-corrected chi connectivity index (χ4v) is 2.11. The zero-order valence-corrected chi connectivity index (χ0v) is 14.5. The summed E-state index contributed by atoms with van der Waals surface area (Å²) in [6.45, 7) is 16.7. The molecule has 0 fully saturated rings. The van der Waals surface area contributed by atoms with E-state index in [4.69, 9.17) is 4.74 Å². The molecular weight excluding hydrogens is 252 g/mol. The SMILES string of the molecule is CCC(NCCCN(CC)C(=O)OC(C)(C)C)C(C)C. The summed E-state index contributed by atoms with van der Waals surface area (Å²) in [5, 5.41) is 3.56. The van der Waals surface area contributed by atoms with E-state index in [0.717, 1.165) is 25.9 Å². The summed E-state index contributed by atoms with van der Waals surface area (Å²) >= 11 is 0. The van der Waals surface area contributed by atoms with Crippen LogP contribution in [0.5, 0.6) is 0 Å². The van der Waals surface area contributed by atoms with E-state index in [9.17, 15) is 4.79 Å². The van der Waals surface area contributed by atoms with Crippen molar-refractivity contribution in [3.63, 3.8) is 0 Å². The predicted molar refractivity (Wildman–Crippen MR) is 85.0 cm³/mol. The first-order chi connectivity index (χ1) is 9.21. The Kier molecular flexibility index (Phi) is 8.86. The summed E-state index contributed by atoms with van der Waals surface area (Å²) in [5.74, 6) is 0.646. The van der Waals surface area contributed by atoms with Gasteiger partial charge >= 0.3 is 6.09 Å². The van der Waals surface area contributed by atoms with Crippen LogP contribution in [0.4, 0.5) is 4.79 Å². The van der Waals surface area contributed by atoms with Gasteiger partial charge in [-0.25, -0.2) is 4.79 Å². The van der Waals surface area contributed by atoms with E-state index in [0.29, 0.717) is 18.5 Å². The lowest BCUT2D eigenvalue weighted by molar-refractivity contribution is 0.0258. The van der Waals surface area contributed by atoms with Crippen molar-refractivity contribution in [2.24, 2.45) is 5.92 Å². The molecule has 0 spiro atoms. The quantitative estimate of drug-likeness (QED) is 0.692. The first-order valence-electron chi connectivity index (χ1n) is 7.92. The van der Waals surface area contributed by atoms with Gasteiger partial charge in [0.15, 0.2) is 0 Å². The van der Waals surface area contributed by atoms with Crippen LogP contribution in [0.1, 0.15) is 61.3 Å². The van der Waals surface area contributed by atoms with Crippen LogP contribution in [-0.4, -0.2) is 42.3 Å². The van der Waals surface area contributed by atoms with Crippen molar-refractivity contribution in [1.82, 2.24) is 10.2 Å². The van der Waals surface area contributed by atoms with Crippen molar-refractivity contribution in [3.8, 4) is 0 Å². The van der Waals surface area contributed by atoms with Crippen LogP contribution in [0.3, 0.4) is 0 Å². The molecule has 0 aliphatic heterocycles. The lowest BCUT2D eigenvalue weighted by Crippen LogP contribution is -2.39. The predicted octanol–water partition coefficient (Wildman–Crippen LogP) is 3.66. The molecule has 0 rings (SSSR count). The molecule has 1 amide bonds. The highest BCUT2D eigenvalue weighted by atomic mass is 16.6. The molecule has 0 heterocycles. The van der Waals surface area contributed by atoms with Gasteiger partial charge in [-0.1, -0.05) is 20.8 Å². The van der Waals surface area contributed by atoms with Crippen molar-refractivity contribution in [2.45, 2.75) is 73.0 Å². The number of nitrogens with zero attached hydrogens (tertiary/aromatic N) is 1. The van der Waals surface area contributed by atoms with E-state index < -0.39 is 5.60 Å². The number of hydrogen-bond acceptors (Lipinski definition) is 3. The molecular formula is C16H34N2O2. The molecule has 0 aromatic carbocycles. The largest absolute Gasteiger partial charge is 0.444 e. The van der Waals surface area contributed by atoms with Crippen molar-refractivity contribution in [1.29, 1.82) is 0 Å². The van der Waals surface area contributed by atoms with Crippen LogP contribution in [-0.2, 0) is 4.74 Å². The van der Waals surface area contributed by atoms with Crippen LogP contribution in [0.15, 0.2) is 0 Å². The normalized spacial score (nSPS) is 13.4. The van der Waals surface area contributed by atoms with E-state index in [-0.39, 0.29) is 6.09 Å². The molecule has 1 N–H and O–H groups in total. The molecule has 20 heavy (non-hydrogen) atoms. The van der Waals surface area contributed by atoms with Gasteiger partial charge in [-0.05, 0) is 53.0 Å². The second-order valence-electron chi connectivity index (χ2n) is 6.63. The van der Waals surface area contributed by atoms with Crippen LogP contribution in [0.25, 0.3) is 0 Å². The second kappa shape index (κ2) is 9.22. The molecule has 0 aliphatic carbocycles. The van der Waals surface area contributed by atoms with Crippen molar-refractivity contribution < 1.29 is 9.53 Å². The third kappa shape index (κ3) is 8.41. The lowest BCUT2D eigenvalue weighted by Gasteiger charge is -2.27. The van der Waals surface area contributed by atoms with Crippen LogP contribution in [0, 0.1) is 5.92 Å². The number of nitrogens with one attached hydrogen (secondary N) is 1. The fourth-order valence-electron chi connectivity index (χ4n) is 2.11. The van der Waals surface area contributed by atoms with Gasteiger partial charge in [0.05, 0.1) is 0 Å². The summed E-state index contributed by atoms with van der Waals surface area (Å²) in [6.07, 6.45) is 1.88. The number of rotatable bonds is 8. The molecule has 4 nitrogen and oxygen atoms in total. The minimum Gasteiger partial charge on any atom is -0.444 e. The maximum Gasteiger partial charge on any atom is 0.410 e. The highest BCUT2D eigenvalue weighted by molar-refractivity contribution is 5.68. The van der Waals surface area contributed by atoms with E-state index >= 15 is 0 Å². The van der Waals surface area contributed by atoms with Gasteiger partial charge in [0.25, 0.3) is 0 Å². The number of carbonyl (C=O) groups excluding carboxylic acids is 1. The van der Waals surface area contributed by atoms with Gasteiger partial charge in [-0.3, -0.25) is 0 Å². The average Bonchev–Trinajstić information content (AvgIpc) is 2.31. The van der Waals surface area contributed by atoms with Gasteiger partial charge in [0, 0.05) is 19.1 Å². The summed E-state index contributed by atoms with van der Waals surface area (Å²) in [6, 6.07) is 0.562. The molecule has 1 unspecified atom stereocenters. The molecule has 0 bridgehead atoms. The van der Waals surface area contributed by atoms with Gasteiger partial charge < -0.3 is 15.0 Å². The number of hydrogen-bond donors (Lipinski definition) is 1. The van der Waals surface area contributed by atoms with Crippen molar-refractivity contribution in [2.75, 3.05) is 19.6 Å². The molecule has 0 saturated heterocycles. The van der Waals surface area contributed by atoms with E-state index in [1.165, 1.54) is 0 Å². The number of carbonyl (C=O) groups is 1. The number of amides is 1. The average molecular weight is 286 g/mol. The molecule has 1 atom stereocenters. The Morgan fingerprint density at radius 2 is 1.85 bits per heavy atom. The van der Waals surface area contributed by atoms with Crippen molar-refractivity contribution in [3.05, 3.63) is 0 Å².